The maximum absolute atomic E-state index is 12.8. The summed E-state index contributed by atoms with van der Waals surface area (Å²) < 4.78 is 12.8. The average molecular weight is 225 g/mol. The monoisotopic (exact) mass is 225 g/mol. The van der Waals surface area contributed by atoms with E-state index in [-0.39, 0.29) is 5.82 Å². The molecule has 0 amide bonds. The summed E-state index contributed by atoms with van der Waals surface area (Å²) in [6.45, 7) is 1.06. The van der Waals surface area contributed by atoms with Gasteiger partial charge in [0.2, 0.25) is 0 Å². The van der Waals surface area contributed by atoms with E-state index >= 15 is 0 Å². The molecule has 1 N–H and O–H groups in total. The van der Waals surface area contributed by atoms with Crippen molar-refractivity contribution in [3.05, 3.63) is 35.6 Å². The number of rotatable bonds is 2. The maximum Gasteiger partial charge on any atom is 0.123 e. The second kappa shape index (κ2) is 4.99. The Kier molecular flexibility index (Phi) is 3.65. The zero-order valence-electron chi connectivity index (χ0n) is 8.87. The highest BCUT2D eigenvalue weighted by molar-refractivity contribution is 7.99. The SMILES string of the molecule is CSC1CCNC(c2ccc(F)cc2)C1. The molecular weight excluding hydrogens is 209 g/mol. The van der Waals surface area contributed by atoms with Crippen molar-refractivity contribution < 1.29 is 4.39 Å². The third-order valence-electron chi connectivity index (χ3n) is 2.96. The molecule has 0 spiro atoms. The smallest absolute Gasteiger partial charge is 0.123 e. The van der Waals surface area contributed by atoms with Crippen molar-refractivity contribution in [3.8, 4) is 0 Å². The normalized spacial score (nSPS) is 26.5. The van der Waals surface area contributed by atoms with Gasteiger partial charge in [0.05, 0.1) is 0 Å². The Morgan fingerprint density at radius 2 is 2.07 bits per heavy atom. The van der Waals surface area contributed by atoms with Crippen LogP contribution in [0, 0.1) is 5.82 Å². The molecule has 1 aromatic rings. The standard InChI is InChI=1S/C12H16FNS/c1-15-11-6-7-14-12(8-11)9-2-4-10(13)5-3-9/h2-5,11-12,14H,6-8H2,1H3. The summed E-state index contributed by atoms with van der Waals surface area (Å²) in [5.74, 6) is -0.157. The van der Waals surface area contributed by atoms with Crippen LogP contribution in [0.1, 0.15) is 24.4 Å². The van der Waals surface area contributed by atoms with E-state index in [1.807, 2.05) is 23.9 Å². The highest BCUT2D eigenvalue weighted by atomic mass is 32.2. The Morgan fingerprint density at radius 3 is 2.73 bits per heavy atom. The number of hydrogen-bond donors (Lipinski definition) is 1. The summed E-state index contributed by atoms with van der Waals surface area (Å²) in [7, 11) is 0. The number of nitrogens with one attached hydrogen (secondary N) is 1. The lowest BCUT2D eigenvalue weighted by molar-refractivity contribution is 0.421. The lowest BCUT2D eigenvalue weighted by atomic mass is 9.97. The maximum atomic E-state index is 12.8. The largest absolute Gasteiger partial charge is 0.310 e. The van der Waals surface area contributed by atoms with Crippen LogP contribution in [0.2, 0.25) is 0 Å². The molecule has 82 valence electrons. The molecule has 1 heterocycles. The van der Waals surface area contributed by atoms with E-state index < -0.39 is 0 Å². The fraction of sp³-hybridized carbons (Fsp3) is 0.500. The van der Waals surface area contributed by atoms with E-state index in [9.17, 15) is 4.39 Å². The fourth-order valence-corrected chi connectivity index (χ4v) is 2.78. The summed E-state index contributed by atoms with van der Waals surface area (Å²) in [4.78, 5) is 0. The molecule has 0 radical (unpaired) electrons. The first kappa shape index (κ1) is 11.0. The van der Waals surface area contributed by atoms with Gasteiger partial charge in [-0.2, -0.15) is 11.8 Å². The summed E-state index contributed by atoms with van der Waals surface area (Å²) in [5, 5.41) is 4.22. The summed E-state index contributed by atoms with van der Waals surface area (Å²) in [6.07, 6.45) is 4.55. The zero-order chi connectivity index (χ0) is 10.7. The van der Waals surface area contributed by atoms with Gasteiger partial charge in [0.1, 0.15) is 5.82 Å². The molecule has 1 fully saturated rings. The molecule has 0 bridgehead atoms. The lowest BCUT2D eigenvalue weighted by Gasteiger charge is -2.29. The molecule has 2 atom stereocenters. The molecule has 2 unspecified atom stereocenters. The van der Waals surface area contributed by atoms with Gasteiger partial charge in [-0.25, -0.2) is 4.39 Å². The van der Waals surface area contributed by atoms with Crippen LogP contribution >= 0.6 is 11.8 Å². The van der Waals surface area contributed by atoms with Gasteiger partial charge < -0.3 is 5.32 Å². The molecule has 1 saturated heterocycles. The van der Waals surface area contributed by atoms with Crippen molar-refractivity contribution in [2.24, 2.45) is 0 Å². The molecule has 1 aromatic carbocycles. The zero-order valence-corrected chi connectivity index (χ0v) is 9.69. The second-order valence-electron chi connectivity index (χ2n) is 3.94. The molecule has 0 aromatic heterocycles. The molecule has 0 saturated carbocycles. The molecule has 2 rings (SSSR count). The van der Waals surface area contributed by atoms with Gasteiger partial charge >= 0.3 is 0 Å². The molecule has 1 aliphatic heterocycles. The highest BCUT2D eigenvalue weighted by Gasteiger charge is 2.21. The number of thioether (sulfide) groups is 1. The Labute approximate surface area is 94.5 Å². The van der Waals surface area contributed by atoms with E-state index in [2.05, 4.69) is 11.6 Å². The van der Waals surface area contributed by atoms with Gasteiger partial charge in [-0.05, 0) is 43.3 Å². The number of hydrogen-bond acceptors (Lipinski definition) is 2. The minimum absolute atomic E-state index is 0.157. The van der Waals surface area contributed by atoms with E-state index in [0.717, 1.165) is 18.2 Å². The van der Waals surface area contributed by atoms with E-state index in [1.54, 1.807) is 12.1 Å². The minimum atomic E-state index is -0.157. The van der Waals surface area contributed by atoms with Gasteiger partial charge in [0.15, 0.2) is 0 Å². The highest BCUT2D eigenvalue weighted by Crippen LogP contribution is 2.29. The number of halogens is 1. The van der Waals surface area contributed by atoms with Gasteiger partial charge in [0.25, 0.3) is 0 Å². The number of benzene rings is 1. The van der Waals surface area contributed by atoms with E-state index in [0.29, 0.717) is 6.04 Å². The quantitative estimate of drug-likeness (QED) is 0.830. The Balaban J connectivity index is 2.06. The first-order valence-electron chi connectivity index (χ1n) is 5.31. The van der Waals surface area contributed by atoms with Crippen LogP contribution in [0.5, 0.6) is 0 Å². The fourth-order valence-electron chi connectivity index (χ4n) is 2.05. The second-order valence-corrected chi connectivity index (χ2v) is 5.08. The Hall–Kier alpha value is -0.540. The lowest BCUT2D eigenvalue weighted by Crippen LogP contribution is -2.32. The van der Waals surface area contributed by atoms with Crippen LogP contribution in [0.3, 0.4) is 0 Å². The molecular formula is C12H16FNS. The third-order valence-corrected chi connectivity index (χ3v) is 4.06. The predicted molar refractivity (Wildman–Crippen MR) is 63.7 cm³/mol. The molecule has 15 heavy (non-hydrogen) atoms. The summed E-state index contributed by atoms with van der Waals surface area (Å²) >= 11 is 1.93. The van der Waals surface area contributed by atoms with Crippen LogP contribution in [0.25, 0.3) is 0 Å². The van der Waals surface area contributed by atoms with Crippen LogP contribution in [-0.2, 0) is 0 Å². The van der Waals surface area contributed by atoms with Crippen molar-refractivity contribution >= 4 is 11.8 Å². The molecule has 0 aliphatic carbocycles. The van der Waals surface area contributed by atoms with Gasteiger partial charge in [0, 0.05) is 11.3 Å². The van der Waals surface area contributed by atoms with E-state index in [1.165, 1.54) is 12.0 Å². The first-order chi connectivity index (χ1) is 7.29. The van der Waals surface area contributed by atoms with Crippen molar-refractivity contribution in [3.63, 3.8) is 0 Å². The minimum Gasteiger partial charge on any atom is -0.310 e. The van der Waals surface area contributed by atoms with E-state index in [4.69, 9.17) is 0 Å². The first-order valence-corrected chi connectivity index (χ1v) is 6.60. The van der Waals surface area contributed by atoms with Crippen LogP contribution in [0.4, 0.5) is 4.39 Å². The van der Waals surface area contributed by atoms with Crippen molar-refractivity contribution in [1.82, 2.24) is 5.32 Å². The van der Waals surface area contributed by atoms with Gasteiger partial charge in [-0.1, -0.05) is 12.1 Å². The van der Waals surface area contributed by atoms with Crippen LogP contribution < -0.4 is 5.32 Å². The number of piperidine rings is 1. The van der Waals surface area contributed by atoms with Crippen LogP contribution in [-0.4, -0.2) is 18.1 Å². The topological polar surface area (TPSA) is 12.0 Å². The average Bonchev–Trinajstić information content (AvgIpc) is 2.30. The van der Waals surface area contributed by atoms with Crippen molar-refractivity contribution in [2.45, 2.75) is 24.1 Å². The van der Waals surface area contributed by atoms with Crippen molar-refractivity contribution in [2.75, 3.05) is 12.8 Å². The molecule has 1 aliphatic rings. The van der Waals surface area contributed by atoms with Crippen LogP contribution in [0.15, 0.2) is 24.3 Å². The molecule has 1 nitrogen and oxygen atoms in total. The predicted octanol–water partition coefficient (Wildman–Crippen LogP) is 2.98. The Bertz CT molecular complexity index is 312. The van der Waals surface area contributed by atoms with Gasteiger partial charge in [-0.3, -0.25) is 0 Å². The van der Waals surface area contributed by atoms with Gasteiger partial charge in [-0.15, -0.1) is 0 Å². The molecule has 3 heteroatoms. The third kappa shape index (κ3) is 2.73. The summed E-state index contributed by atoms with van der Waals surface area (Å²) in [6, 6.07) is 7.25. The Morgan fingerprint density at radius 1 is 1.33 bits per heavy atom. The van der Waals surface area contributed by atoms with Crippen molar-refractivity contribution in [1.29, 1.82) is 0 Å². The summed E-state index contributed by atoms with van der Waals surface area (Å²) in [5.41, 5.74) is 1.20.